The van der Waals surface area contributed by atoms with Gasteiger partial charge in [0.25, 0.3) is 5.91 Å². The zero-order valence-corrected chi connectivity index (χ0v) is 22.2. The number of nitrogens with zero attached hydrogens (tertiary/aromatic N) is 3. The number of carbonyl (C=O) groups excluding carboxylic acids is 3. The first-order valence-electron chi connectivity index (χ1n) is 13.0. The van der Waals surface area contributed by atoms with Crippen LogP contribution in [0.4, 0.5) is 4.39 Å². The third kappa shape index (κ3) is 6.35. The molecule has 0 radical (unpaired) electrons. The van der Waals surface area contributed by atoms with Crippen LogP contribution in [0, 0.1) is 19.7 Å². The Morgan fingerprint density at radius 2 is 2.00 bits per heavy atom. The Hall–Kier alpha value is -3.82. The minimum Gasteiger partial charge on any atom is -0.361 e. The summed E-state index contributed by atoms with van der Waals surface area (Å²) in [6.45, 7) is 7.93. The number of amides is 2. The number of benzene rings is 1. The molecule has 1 fully saturated rings. The fraction of sp³-hybridized carbons (Fsp3) is 0.464. The van der Waals surface area contributed by atoms with Crippen molar-refractivity contribution < 1.29 is 23.3 Å². The van der Waals surface area contributed by atoms with Gasteiger partial charge >= 0.3 is 0 Å². The molecule has 0 bridgehead atoms. The maximum atomic E-state index is 14.4. The number of ketones is 1. The van der Waals surface area contributed by atoms with E-state index in [0.29, 0.717) is 29.4 Å². The Morgan fingerprint density at radius 3 is 2.68 bits per heavy atom. The highest BCUT2D eigenvalue weighted by Crippen LogP contribution is 2.26. The smallest absolute Gasteiger partial charge is 0.274 e. The van der Waals surface area contributed by atoms with E-state index >= 15 is 0 Å². The molecular formula is C28H34FN5O4. The molecule has 10 heteroatoms. The molecule has 202 valence electrons. The van der Waals surface area contributed by atoms with E-state index in [-0.39, 0.29) is 48.0 Å². The summed E-state index contributed by atoms with van der Waals surface area (Å²) in [5.41, 5.74) is 1.76. The number of H-pyrrole nitrogens is 1. The van der Waals surface area contributed by atoms with Gasteiger partial charge in [-0.1, -0.05) is 18.1 Å². The summed E-state index contributed by atoms with van der Waals surface area (Å²) in [6, 6.07) is 5.48. The molecule has 0 unspecified atom stereocenters. The molecule has 0 saturated carbocycles. The van der Waals surface area contributed by atoms with Gasteiger partial charge in [-0.05, 0) is 57.7 Å². The molecule has 0 spiro atoms. The maximum Gasteiger partial charge on any atom is 0.274 e. The van der Waals surface area contributed by atoms with Gasteiger partial charge in [0.1, 0.15) is 17.4 Å². The molecule has 1 aromatic carbocycles. The average Bonchev–Trinajstić information content (AvgIpc) is 3.53. The number of carbonyl (C=O) groups is 3. The predicted molar refractivity (Wildman–Crippen MR) is 139 cm³/mol. The Bertz CT molecular complexity index is 1320. The summed E-state index contributed by atoms with van der Waals surface area (Å²) in [4.78, 5) is 48.7. The van der Waals surface area contributed by atoms with E-state index in [1.807, 2.05) is 26.8 Å². The van der Waals surface area contributed by atoms with Gasteiger partial charge in [0.15, 0.2) is 11.5 Å². The van der Waals surface area contributed by atoms with Crippen molar-refractivity contribution in [3.8, 4) is 11.3 Å². The SMILES string of the molecule is Cc1ccc(-c2cnc([C@H](C)CC(=O)[C@H](CC(=O)N3CCCC[C@@H]3C)NC(=O)c3cc(C)on3)[nH]2)c(F)c1. The van der Waals surface area contributed by atoms with Crippen molar-refractivity contribution in [2.24, 2.45) is 0 Å². The third-order valence-electron chi connectivity index (χ3n) is 7.04. The lowest BCUT2D eigenvalue weighted by molar-refractivity contribution is -0.137. The van der Waals surface area contributed by atoms with Crippen molar-refractivity contribution in [3.63, 3.8) is 0 Å². The van der Waals surface area contributed by atoms with Crippen LogP contribution in [0.3, 0.4) is 0 Å². The molecule has 2 aromatic heterocycles. The van der Waals surface area contributed by atoms with E-state index in [1.165, 1.54) is 18.3 Å². The van der Waals surface area contributed by atoms with Crippen LogP contribution in [-0.4, -0.2) is 56.3 Å². The van der Waals surface area contributed by atoms with Gasteiger partial charge in [0, 0.05) is 36.6 Å². The van der Waals surface area contributed by atoms with Crippen LogP contribution >= 0.6 is 0 Å². The standard InChI is InChI=1S/C28H34FN5O4/c1-16-8-9-20(21(29)11-16)24-15-30-27(31-24)17(2)12-25(35)22(32-28(37)23-13-19(4)38-33-23)14-26(36)34-10-6-5-7-18(34)3/h8-9,11,13,15,17-18,22H,5-7,10,12,14H2,1-4H3,(H,30,31)(H,32,37)/t17-,18+,22+/m1/s1. The summed E-state index contributed by atoms with van der Waals surface area (Å²) in [5, 5.41) is 6.42. The lowest BCUT2D eigenvalue weighted by Gasteiger charge is -2.34. The van der Waals surface area contributed by atoms with Crippen molar-refractivity contribution in [2.75, 3.05) is 6.54 Å². The van der Waals surface area contributed by atoms with Crippen LogP contribution in [0.5, 0.6) is 0 Å². The Balaban J connectivity index is 1.49. The van der Waals surface area contributed by atoms with Crippen molar-refractivity contribution in [1.82, 2.24) is 25.3 Å². The summed E-state index contributed by atoms with van der Waals surface area (Å²) >= 11 is 0. The van der Waals surface area contributed by atoms with E-state index in [4.69, 9.17) is 4.52 Å². The number of rotatable bonds is 9. The number of aromatic nitrogens is 3. The summed E-state index contributed by atoms with van der Waals surface area (Å²) in [7, 11) is 0. The predicted octanol–water partition coefficient (Wildman–Crippen LogP) is 4.47. The first-order chi connectivity index (χ1) is 18.1. The fourth-order valence-electron chi connectivity index (χ4n) is 4.81. The van der Waals surface area contributed by atoms with Crippen molar-refractivity contribution >= 4 is 17.6 Å². The molecule has 3 heterocycles. The van der Waals surface area contributed by atoms with E-state index in [2.05, 4.69) is 20.4 Å². The molecule has 1 saturated heterocycles. The molecule has 3 aromatic rings. The molecular weight excluding hydrogens is 489 g/mol. The van der Waals surface area contributed by atoms with Gasteiger partial charge in [-0.15, -0.1) is 0 Å². The largest absolute Gasteiger partial charge is 0.361 e. The van der Waals surface area contributed by atoms with Crippen molar-refractivity contribution in [1.29, 1.82) is 0 Å². The Morgan fingerprint density at radius 1 is 1.21 bits per heavy atom. The van der Waals surface area contributed by atoms with E-state index in [9.17, 15) is 18.8 Å². The lowest BCUT2D eigenvalue weighted by Crippen LogP contribution is -2.48. The topological polar surface area (TPSA) is 121 Å². The fourth-order valence-corrected chi connectivity index (χ4v) is 4.81. The number of Topliss-reactive ketones (excluding diaryl/α,β-unsaturated/α-hetero) is 1. The highest BCUT2D eigenvalue weighted by Gasteiger charge is 2.31. The highest BCUT2D eigenvalue weighted by molar-refractivity contribution is 5.98. The molecule has 1 aliphatic heterocycles. The Labute approximate surface area is 221 Å². The Kier molecular flexibility index (Phi) is 8.38. The first kappa shape index (κ1) is 27.2. The molecule has 2 N–H and O–H groups in total. The van der Waals surface area contributed by atoms with Crippen LogP contribution in [-0.2, 0) is 9.59 Å². The zero-order valence-electron chi connectivity index (χ0n) is 22.2. The lowest BCUT2D eigenvalue weighted by atomic mass is 9.96. The van der Waals surface area contributed by atoms with Crippen LogP contribution < -0.4 is 5.32 Å². The molecule has 9 nitrogen and oxygen atoms in total. The van der Waals surface area contributed by atoms with Gasteiger partial charge in [-0.2, -0.15) is 0 Å². The highest BCUT2D eigenvalue weighted by atomic mass is 19.1. The van der Waals surface area contributed by atoms with Gasteiger partial charge in [-0.3, -0.25) is 14.4 Å². The summed E-state index contributed by atoms with van der Waals surface area (Å²) in [6.07, 6.45) is 4.31. The second kappa shape index (κ2) is 11.7. The number of piperidine rings is 1. The second-order valence-corrected chi connectivity index (χ2v) is 10.2. The van der Waals surface area contributed by atoms with Gasteiger partial charge in [-0.25, -0.2) is 9.37 Å². The number of aryl methyl sites for hydroxylation is 2. The average molecular weight is 524 g/mol. The molecule has 1 aliphatic rings. The minimum atomic E-state index is -1.03. The number of nitrogens with one attached hydrogen (secondary N) is 2. The van der Waals surface area contributed by atoms with Crippen molar-refractivity contribution in [3.05, 3.63) is 59.1 Å². The van der Waals surface area contributed by atoms with E-state index in [1.54, 1.807) is 17.9 Å². The third-order valence-corrected chi connectivity index (χ3v) is 7.04. The minimum absolute atomic E-state index is 0.0228. The molecule has 0 aliphatic carbocycles. The number of halogens is 1. The monoisotopic (exact) mass is 523 g/mol. The number of likely N-dealkylation sites (tertiary alicyclic amines) is 1. The van der Waals surface area contributed by atoms with Crippen molar-refractivity contribution in [2.45, 2.75) is 77.8 Å². The van der Waals surface area contributed by atoms with Gasteiger partial charge in [0.2, 0.25) is 5.91 Å². The van der Waals surface area contributed by atoms with Gasteiger partial charge < -0.3 is 19.7 Å². The van der Waals surface area contributed by atoms with Crippen LogP contribution in [0.1, 0.15) is 79.5 Å². The summed E-state index contributed by atoms with van der Waals surface area (Å²) < 4.78 is 19.4. The van der Waals surface area contributed by atoms with Crippen LogP contribution in [0.2, 0.25) is 0 Å². The first-order valence-corrected chi connectivity index (χ1v) is 13.0. The van der Waals surface area contributed by atoms with E-state index < -0.39 is 11.9 Å². The molecule has 4 rings (SSSR count). The molecule has 2 amide bonds. The molecule has 38 heavy (non-hydrogen) atoms. The number of hydrogen-bond acceptors (Lipinski definition) is 6. The second-order valence-electron chi connectivity index (χ2n) is 10.2. The summed E-state index contributed by atoms with van der Waals surface area (Å²) in [5.74, 6) is -0.797. The van der Waals surface area contributed by atoms with Gasteiger partial charge in [0.05, 0.1) is 24.4 Å². The maximum absolute atomic E-state index is 14.4. The quantitative estimate of drug-likeness (QED) is 0.427. The van der Waals surface area contributed by atoms with Crippen LogP contribution in [0.15, 0.2) is 35.0 Å². The normalized spacial score (nSPS) is 17.2. The number of aromatic amines is 1. The number of hydrogen-bond donors (Lipinski definition) is 2. The molecule has 3 atom stereocenters. The van der Waals surface area contributed by atoms with Crippen LogP contribution in [0.25, 0.3) is 11.3 Å². The number of imidazole rings is 1. The zero-order chi connectivity index (χ0) is 27.4. The van der Waals surface area contributed by atoms with E-state index in [0.717, 1.165) is 24.8 Å².